The number of hydrogen-bond donors (Lipinski definition) is 3. The third kappa shape index (κ3) is 7.09. The van der Waals surface area contributed by atoms with E-state index in [1.54, 1.807) is 30.3 Å². The summed E-state index contributed by atoms with van der Waals surface area (Å²) in [5, 5.41) is 32.2. The van der Waals surface area contributed by atoms with Crippen LogP contribution in [0.15, 0.2) is 90.2 Å². The zero-order valence-electron chi connectivity index (χ0n) is 18.3. The first-order valence-corrected chi connectivity index (χ1v) is 10.4. The molecule has 3 rings (SSSR count). The maximum Gasteiger partial charge on any atom is 0.416 e. The van der Waals surface area contributed by atoms with Crippen molar-refractivity contribution in [3.8, 4) is 11.8 Å². The van der Waals surface area contributed by atoms with Crippen molar-refractivity contribution in [1.29, 1.82) is 5.26 Å². The quantitative estimate of drug-likeness (QED) is 0.218. The fourth-order valence-corrected chi connectivity index (χ4v) is 3.11. The summed E-state index contributed by atoms with van der Waals surface area (Å²) in [7, 11) is 0. The number of nitrogens with zero attached hydrogens (tertiary/aromatic N) is 1. The van der Waals surface area contributed by atoms with Gasteiger partial charge in [-0.05, 0) is 47.5 Å². The van der Waals surface area contributed by atoms with Gasteiger partial charge >= 0.3 is 6.18 Å². The van der Waals surface area contributed by atoms with E-state index >= 15 is 0 Å². The van der Waals surface area contributed by atoms with Crippen LogP contribution >= 0.6 is 0 Å². The first-order chi connectivity index (χ1) is 16.7. The maximum absolute atomic E-state index is 12.7. The van der Waals surface area contributed by atoms with E-state index in [0.29, 0.717) is 17.9 Å². The molecule has 6 nitrogen and oxygen atoms in total. The van der Waals surface area contributed by atoms with E-state index in [-0.39, 0.29) is 5.69 Å². The summed E-state index contributed by atoms with van der Waals surface area (Å²) in [6, 6.07) is 21.2. The van der Waals surface area contributed by atoms with Gasteiger partial charge in [-0.25, -0.2) is 0 Å². The van der Waals surface area contributed by atoms with Gasteiger partial charge in [-0.2, -0.15) is 18.4 Å². The van der Waals surface area contributed by atoms with Gasteiger partial charge in [0.2, 0.25) is 0 Å². The Labute approximate surface area is 199 Å². The van der Waals surface area contributed by atoms with Crippen LogP contribution in [0.25, 0.3) is 0 Å². The highest BCUT2D eigenvalue weighted by atomic mass is 19.4. The number of nitrogens with one attached hydrogen (secondary N) is 1. The monoisotopic (exact) mass is 482 g/mol. The standard InChI is InChI=1S/C26H21F3N2O4/c27-26(28,29)19-8-10-20(11-9-19)31-25(34)22(15-30)24(33)14-23(32)18-6-12-21(13-7-18)35-16-17-4-2-1-3-5-17/h1-13,23,32-33H,14,16H2,(H,31,34)/b24-22-. The summed E-state index contributed by atoms with van der Waals surface area (Å²) in [4.78, 5) is 12.3. The highest BCUT2D eigenvalue weighted by Gasteiger charge is 2.30. The van der Waals surface area contributed by atoms with Gasteiger partial charge in [0.05, 0.1) is 11.7 Å². The minimum Gasteiger partial charge on any atom is -0.511 e. The van der Waals surface area contributed by atoms with Crippen LogP contribution in [-0.2, 0) is 17.6 Å². The molecule has 35 heavy (non-hydrogen) atoms. The van der Waals surface area contributed by atoms with Crippen molar-refractivity contribution < 1.29 is 32.9 Å². The van der Waals surface area contributed by atoms with Crippen LogP contribution in [0.3, 0.4) is 0 Å². The molecule has 3 aromatic carbocycles. The van der Waals surface area contributed by atoms with Crippen molar-refractivity contribution in [2.75, 3.05) is 5.32 Å². The van der Waals surface area contributed by atoms with Crippen LogP contribution in [0.4, 0.5) is 18.9 Å². The molecule has 180 valence electrons. The average molecular weight is 482 g/mol. The number of nitriles is 1. The van der Waals surface area contributed by atoms with Gasteiger partial charge in [-0.3, -0.25) is 4.79 Å². The fourth-order valence-electron chi connectivity index (χ4n) is 3.11. The average Bonchev–Trinajstić information content (AvgIpc) is 2.84. The Morgan fingerprint density at radius 1 is 1.00 bits per heavy atom. The first kappa shape index (κ1) is 25.3. The number of anilines is 1. The lowest BCUT2D eigenvalue weighted by Gasteiger charge is -2.13. The highest BCUT2D eigenvalue weighted by Crippen LogP contribution is 2.30. The number of aliphatic hydroxyl groups excluding tert-OH is 2. The van der Waals surface area contributed by atoms with Gasteiger partial charge in [-0.15, -0.1) is 0 Å². The van der Waals surface area contributed by atoms with Gasteiger partial charge in [-0.1, -0.05) is 42.5 Å². The third-order valence-electron chi connectivity index (χ3n) is 5.00. The Kier molecular flexibility index (Phi) is 8.12. The molecule has 0 aliphatic carbocycles. The predicted octanol–water partition coefficient (Wildman–Crippen LogP) is 5.68. The van der Waals surface area contributed by atoms with Crippen LogP contribution in [-0.4, -0.2) is 16.1 Å². The van der Waals surface area contributed by atoms with E-state index in [1.165, 1.54) is 0 Å². The smallest absolute Gasteiger partial charge is 0.416 e. The molecule has 0 spiro atoms. The molecule has 0 heterocycles. The lowest BCUT2D eigenvalue weighted by molar-refractivity contribution is -0.137. The molecule has 0 fully saturated rings. The Hall–Kier alpha value is -4.29. The van der Waals surface area contributed by atoms with Gasteiger partial charge in [0.15, 0.2) is 5.57 Å². The Morgan fingerprint density at radius 2 is 1.63 bits per heavy atom. The molecule has 9 heteroatoms. The molecule has 1 atom stereocenters. The molecule has 3 N–H and O–H groups in total. The molecule has 3 aromatic rings. The van der Waals surface area contributed by atoms with Gasteiger partial charge < -0.3 is 20.3 Å². The molecule has 1 unspecified atom stereocenters. The van der Waals surface area contributed by atoms with E-state index < -0.39 is 41.5 Å². The molecule has 0 aliphatic heterocycles. The van der Waals surface area contributed by atoms with Crippen LogP contribution in [0.1, 0.15) is 29.2 Å². The molecule has 0 radical (unpaired) electrons. The summed E-state index contributed by atoms with van der Waals surface area (Å²) >= 11 is 0. The van der Waals surface area contributed by atoms with Crippen molar-refractivity contribution in [3.63, 3.8) is 0 Å². The Balaban J connectivity index is 1.61. The maximum atomic E-state index is 12.7. The molecule has 0 saturated heterocycles. The third-order valence-corrected chi connectivity index (χ3v) is 5.00. The summed E-state index contributed by atoms with van der Waals surface area (Å²) in [6.07, 6.45) is -6.17. The predicted molar refractivity (Wildman–Crippen MR) is 122 cm³/mol. The number of benzene rings is 3. The molecule has 1 amide bonds. The number of hydrogen-bond acceptors (Lipinski definition) is 5. The number of halogens is 3. The number of rotatable bonds is 8. The summed E-state index contributed by atoms with van der Waals surface area (Å²) in [5.74, 6) is -1.10. The summed E-state index contributed by atoms with van der Waals surface area (Å²) in [5.41, 5.74) is -0.134. The van der Waals surface area contributed by atoms with Gasteiger partial charge in [0, 0.05) is 12.1 Å². The van der Waals surface area contributed by atoms with Crippen molar-refractivity contribution in [3.05, 3.63) is 107 Å². The Morgan fingerprint density at radius 3 is 2.20 bits per heavy atom. The van der Waals surface area contributed by atoms with Crippen molar-refractivity contribution in [1.82, 2.24) is 0 Å². The van der Waals surface area contributed by atoms with E-state index in [9.17, 15) is 33.4 Å². The first-order valence-electron chi connectivity index (χ1n) is 10.4. The molecular weight excluding hydrogens is 461 g/mol. The molecule has 0 bridgehead atoms. The highest BCUT2D eigenvalue weighted by molar-refractivity contribution is 6.06. The molecule has 0 saturated carbocycles. The van der Waals surface area contributed by atoms with Gasteiger partial charge in [0.25, 0.3) is 5.91 Å². The fraction of sp³-hybridized carbons (Fsp3) is 0.154. The second-order valence-electron chi connectivity index (χ2n) is 7.53. The van der Waals surface area contributed by atoms with Crippen LogP contribution < -0.4 is 10.1 Å². The minimum atomic E-state index is -4.53. The zero-order valence-corrected chi connectivity index (χ0v) is 18.3. The number of aliphatic hydroxyl groups is 2. The molecule has 0 aliphatic rings. The van der Waals surface area contributed by atoms with Crippen LogP contribution in [0, 0.1) is 11.3 Å². The second kappa shape index (κ2) is 11.2. The topological polar surface area (TPSA) is 103 Å². The van der Waals surface area contributed by atoms with Gasteiger partial charge in [0.1, 0.15) is 24.2 Å². The number of carbonyl (C=O) groups is 1. The van der Waals surface area contributed by atoms with E-state index in [2.05, 4.69) is 5.32 Å². The zero-order chi connectivity index (χ0) is 25.4. The number of amides is 1. The van der Waals surface area contributed by atoms with Crippen molar-refractivity contribution in [2.24, 2.45) is 0 Å². The SMILES string of the molecule is N#C/C(C(=O)Nc1ccc(C(F)(F)F)cc1)=C(/O)CC(O)c1ccc(OCc2ccccc2)cc1. The van der Waals surface area contributed by atoms with Crippen molar-refractivity contribution in [2.45, 2.75) is 25.3 Å². The Bertz CT molecular complexity index is 1220. The second-order valence-corrected chi connectivity index (χ2v) is 7.53. The van der Waals surface area contributed by atoms with E-state index in [1.807, 2.05) is 30.3 Å². The summed E-state index contributed by atoms with van der Waals surface area (Å²) < 4.78 is 43.7. The van der Waals surface area contributed by atoms with E-state index in [4.69, 9.17) is 4.74 Å². The molecule has 0 aromatic heterocycles. The lowest BCUT2D eigenvalue weighted by Crippen LogP contribution is -2.16. The molecular formula is C26H21F3N2O4. The summed E-state index contributed by atoms with van der Waals surface area (Å²) in [6.45, 7) is 0.367. The van der Waals surface area contributed by atoms with Crippen molar-refractivity contribution >= 4 is 11.6 Å². The van der Waals surface area contributed by atoms with Crippen LogP contribution in [0.2, 0.25) is 0 Å². The lowest BCUT2D eigenvalue weighted by atomic mass is 10.0. The normalized spacial score (nSPS) is 12.8. The van der Waals surface area contributed by atoms with Crippen LogP contribution in [0.5, 0.6) is 5.75 Å². The largest absolute Gasteiger partial charge is 0.511 e. The van der Waals surface area contributed by atoms with E-state index in [0.717, 1.165) is 29.8 Å². The number of ether oxygens (including phenoxy) is 1. The number of alkyl halides is 3. The minimum absolute atomic E-state index is 0.00944. The number of carbonyl (C=O) groups excluding carboxylic acids is 1.